The molecule has 0 aliphatic carbocycles. The zero-order valence-corrected chi connectivity index (χ0v) is 15.0. The van der Waals surface area contributed by atoms with Crippen molar-refractivity contribution in [2.45, 2.75) is 18.8 Å². The van der Waals surface area contributed by atoms with Crippen LogP contribution in [0.4, 0.5) is 32.0 Å². The molecule has 0 aromatic heterocycles. The van der Waals surface area contributed by atoms with Crippen molar-refractivity contribution in [1.82, 2.24) is 5.32 Å². The first-order chi connectivity index (χ1) is 13.4. The number of alkyl halides is 6. The highest BCUT2D eigenvalue weighted by Crippen LogP contribution is 2.36. The minimum absolute atomic E-state index is 0.0322. The largest absolute Gasteiger partial charge is 0.495 e. The number of hydrogen-bond donors (Lipinski definition) is 2. The first kappa shape index (κ1) is 22.1. The predicted molar refractivity (Wildman–Crippen MR) is 94.7 cm³/mol. The Morgan fingerprint density at radius 3 is 2.14 bits per heavy atom. The molecule has 0 atom stereocenters. The molecule has 0 heterocycles. The lowest BCUT2D eigenvalue weighted by Crippen LogP contribution is -2.19. The Kier molecular flexibility index (Phi) is 6.45. The van der Waals surface area contributed by atoms with E-state index in [1.165, 1.54) is 7.11 Å². The summed E-state index contributed by atoms with van der Waals surface area (Å²) in [6.07, 6.45) is -8.06. The molecule has 0 unspecified atom stereocenters. The standard InChI is InChI=1S/C19H16F6N2O2/c1-29-16-8-11(2-3-15(16)26)9-17(28)27-5-4-12-6-13(18(20,21)22)10-14(7-12)19(23,24)25/h2-8,10H,9,26H2,1H3,(H,27,28)/b5-4+. The number of anilines is 1. The summed E-state index contributed by atoms with van der Waals surface area (Å²) in [5.41, 5.74) is 3.36. The van der Waals surface area contributed by atoms with Gasteiger partial charge < -0.3 is 15.8 Å². The van der Waals surface area contributed by atoms with Gasteiger partial charge in [0.05, 0.1) is 30.3 Å². The quantitative estimate of drug-likeness (QED) is 0.549. The maximum atomic E-state index is 12.8. The van der Waals surface area contributed by atoms with Crippen LogP contribution in [0.5, 0.6) is 5.75 Å². The van der Waals surface area contributed by atoms with Gasteiger partial charge in [0.1, 0.15) is 5.75 Å². The van der Waals surface area contributed by atoms with Gasteiger partial charge in [0, 0.05) is 6.20 Å². The van der Waals surface area contributed by atoms with Crippen LogP contribution in [0.2, 0.25) is 0 Å². The van der Waals surface area contributed by atoms with Gasteiger partial charge in [0.15, 0.2) is 0 Å². The fourth-order valence-corrected chi connectivity index (χ4v) is 2.41. The van der Waals surface area contributed by atoms with Gasteiger partial charge in [-0.05, 0) is 47.5 Å². The van der Waals surface area contributed by atoms with Crippen molar-refractivity contribution in [2.24, 2.45) is 0 Å². The second-order valence-electron chi connectivity index (χ2n) is 5.99. The fraction of sp³-hybridized carbons (Fsp3) is 0.211. The number of halogens is 6. The van der Waals surface area contributed by atoms with Gasteiger partial charge in [-0.3, -0.25) is 4.79 Å². The number of nitrogen functional groups attached to an aromatic ring is 1. The zero-order chi connectivity index (χ0) is 21.8. The summed E-state index contributed by atoms with van der Waals surface area (Å²) < 4.78 is 82.1. The Morgan fingerprint density at radius 2 is 1.62 bits per heavy atom. The Balaban J connectivity index is 2.14. The van der Waals surface area contributed by atoms with Crippen molar-refractivity contribution in [3.05, 3.63) is 64.9 Å². The lowest BCUT2D eigenvalue weighted by atomic mass is 10.0. The highest BCUT2D eigenvalue weighted by atomic mass is 19.4. The Hall–Kier alpha value is -3.17. The van der Waals surface area contributed by atoms with Crippen molar-refractivity contribution in [3.8, 4) is 5.75 Å². The third-order valence-electron chi connectivity index (χ3n) is 3.79. The molecule has 0 saturated carbocycles. The van der Waals surface area contributed by atoms with E-state index in [-0.39, 0.29) is 18.1 Å². The van der Waals surface area contributed by atoms with E-state index in [0.29, 0.717) is 29.1 Å². The summed E-state index contributed by atoms with van der Waals surface area (Å²) in [5.74, 6) is -0.161. The SMILES string of the molecule is COc1cc(CC(=O)N/C=C/c2cc(C(F)(F)F)cc(C(F)(F)F)c2)ccc1N. The van der Waals surface area contributed by atoms with E-state index in [4.69, 9.17) is 10.5 Å². The maximum Gasteiger partial charge on any atom is 0.416 e. The number of rotatable bonds is 5. The molecular formula is C19H16F6N2O2. The van der Waals surface area contributed by atoms with Crippen molar-refractivity contribution in [1.29, 1.82) is 0 Å². The molecule has 0 bridgehead atoms. The Morgan fingerprint density at radius 1 is 1.03 bits per heavy atom. The summed E-state index contributed by atoms with van der Waals surface area (Å²) in [4.78, 5) is 11.9. The van der Waals surface area contributed by atoms with E-state index in [1.807, 2.05) is 0 Å². The third-order valence-corrected chi connectivity index (χ3v) is 3.79. The van der Waals surface area contributed by atoms with Crippen LogP contribution < -0.4 is 15.8 Å². The van der Waals surface area contributed by atoms with Gasteiger partial charge in [-0.2, -0.15) is 26.3 Å². The van der Waals surface area contributed by atoms with Crippen molar-refractivity contribution >= 4 is 17.7 Å². The average molecular weight is 418 g/mol. The van der Waals surface area contributed by atoms with E-state index >= 15 is 0 Å². The first-order valence-corrected chi connectivity index (χ1v) is 8.08. The van der Waals surface area contributed by atoms with Gasteiger partial charge in [-0.15, -0.1) is 0 Å². The van der Waals surface area contributed by atoms with E-state index in [0.717, 1.165) is 12.3 Å². The molecule has 156 valence electrons. The van der Waals surface area contributed by atoms with E-state index in [1.54, 1.807) is 18.2 Å². The van der Waals surface area contributed by atoms with Crippen LogP contribution in [-0.2, 0) is 23.6 Å². The first-order valence-electron chi connectivity index (χ1n) is 8.08. The molecule has 2 aromatic rings. The van der Waals surface area contributed by atoms with Crippen molar-refractivity contribution < 1.29 is 35.9 Å². The van der Waals surface area contributed by atoms with Gasteiger partial charge in [-0.1, -0.05) is 6.07 Å². The van der Waals surface area contributed by atoms with Crippen LogP contribution in [-0.4, -0.2) is 13.0 Å². The molecule has 3 N–H and O–H groups in total. The minimum Gasteiger partial charge on any atom is -0.495 e. The van der Waals surface area contributed by atoms with E-state index < -0.39 is 29.4 Å². The molecule has 4 nitrogen and oxygen atoms in total. The second kappa shape index (κ2) is 8.46. The molecule has 0 aliphatic heterocycles. The smallest absolute Gasteiger partial charge is 0.416 e. The van der Waals surface area contributed by atoms with Crippen LogP contribution in [0, 0.1) is 0 Å². The highest BCUT2D eigenvalue weighted by molar-refractivity contribution is 5.80. The van der Waals surface area contributed by atoms with Crippen LogP contribution in [0.1, 0.15) is 22.3 Å². The number of methoxy groups -OCH3 is 1. The molecule has 0 fully saturated rings. The van der Waals surface area contributed by atoms with Crippen LogP contribution in [0.15, 0.2) is 42.6 Å². The summed E-state index contributed by atoms with van der Waals surface area (Å²) in [6, 6.07) is 5.82. The van der Waals surface area contributed by atoms with E-state index in [2.05, 4.69) is 5.32 Å². The second-order valence-corrected chi connectivity index (χ2v) is 5.99. The van der Waals surface area contributed by atoms with Crippen LogP contribution in [0.3, 0.4) is 0 Å². The summed E-state index contributed by atoms with van der Waals surface area (Å²) in [7, 11) is 1.41. The molecular weight excluding hydrogens is 402 g/mol. The van der Waals surface area contributed by atoms with Gasteiger partial charge in [0.25, 0.3) is 0 Å². The number of benzene rings is 2. The normalized spacial score (nSPS) is 12.2. The summed E-state index contributed by atoms with van der Waals surface area (Å²) in [5, 5.41) is 2.29. The van der Waals surface area contributed by atoms with Crippen LogP contribution in [0.25, 0.3) is 6.08 Å². The lowest BCUT2D eigenvalue weighted by Gasteiger charge is -2.13. The topological polar surface area (TPSA) is 64.3 Å². The molecule has 10 heteroatoms. The minimum atomic E-state index is -4.94. The van der Waals surface area contributed by atoms with Crippen LogP contribution >= 0.6 is 0 Å². The maximum absolute atomic E-state index is 12.8. The molecule has 2 aromatic carbocycles. The Labute approximate surface area is 162 Å². The van der Waals surface area contributed by atoms with Gasteiger partial charge in [0.2, 0.25) is 5.91 Å². The summed E-state index contributed by atoms with van der Waals surface area (Å²) >= 11 is 0. The number of carbonyl (C=O) groups is 1. The average Bonchev–Trinajstić information content (AvgIpc) is 2.61. The Bertz CT molecular complexity index is 888. The number of hydrogen-bond acceptors (Lipinski definition) is 3. The molecule has 0 spiro atoms. The molecule has 0 aliphatic rings. The number of nitrogens with two attached hydrogens (primary N) is 1. The van der Waals surface area contributed by atoms with Crippen molar-refractivity contribution in [2.75, 3.05) is 12.8 Å². The number of ether oxygens (including phenoxy) is 1. The lowest BCUT2D eigenvalue weighted by molar-refractivity contribution is -0.143. The fourth-order valence-electron chi connectivity index (χ4n) is 2.41. The zero-order valence-electron chi connectivity index (χ0n) is 15.0. The number of nitrogens with one attached hydrogen (secondary N) is 1. The molecule has 1 amide bonds. The van der Waals surface area contributed by atoms with Crippen molar-refractivity contribution in [3.63, 3.8) is 0 Å². The predicted octanol–water partition coefficient (Wildman–Crippen LogP) is 4.64. The monoisotopic (exact) mass is 418 g/mol. The van der Waals surface area contributed by atoms with E-state index in [9.17, 15) is 31.1 Å². The number of amides is 1. The molecule has 0 saturated heterocycles. The summed E-state index contributed by atoms with van der Waals surface area (Å²) in [6.45, 7) is 0. The molecule has 0 radical (unpaired) electrons. The number of carbonyl (C=O) groups excluding carboxylic acids is 1. The van der Waals surface area contributed by atoms with Gasteiger partial charge in [-0.25, -0.2) is 0 Å². The molecule has 2 rings (SSSR count). The molecule has 29 heavy (non-hydrogen) atoms. The third kappa shape index (κ3) is 6.16. The van der Waals surface area contributed by atoms with Gasteiger partial charge >= 0.3 is 12.4 Å². The highest BCUT2D eigenvalue weighted by Gasteiger charge is 2.36.